The minimum atomic E-state index is -3.90. The van der Waals surface area contributed by atoms with Crippen molar-refractivity contribution in [1.82, 2.24) is 9.78 Å². The van der Waals surface area contributed by atoms with Gasteiger partial charge in [0.2, 0.25) is 0 Å². The summed E-state index contributed by atoms with van der Waals surface area (Å²) in [6.45, 7) is 0. The van der Waals surface area contributed by atoms with Crippen LogP contribution in [0, 0.1) is 11.3 Å². The maximum Gasteiger partial charge on any atom is 0.267 e. The van der Waals surface area contributed by atoms with Gasteiger partial charge in [0.15, 0.2) is 5.82 Å². The third-order valence-electron chi connectivity index (χ3n) is 2.69. The standard InChI is InChI=1S/C12H13N5O3S/c1-17-7-11(12(14)15-17)21(18,19)16-9-4-3-8(6-13)5-10(9)20-2/h3-5,7,16H,1-2H3,(H2,14,15). The number of anilines is 2. The molecule has 1 heterocycles. The third kappa shape index (κ3) is 2.90. The highest BCUT2D eigenvalue weighted by molar-refractivity contribution is 7.92. The molecule has 9 heteroatoms. The molecule has 0 spiro atoms. The van der Waals surface area contributed by atoms with E-state index in [1.807, 2.05) is 6.07 Å². The summed E-state index contributed by atoms with van der Waals surface area (Å²) >= 11 is 0. The number of nitriles is 1. The van der Waals surface area contributed by atoms with Gasteiger partial charge in [0.25, 0.3) is 10.0 Å². The molecule has 0 radical (unpaired) electrons. The fourth-order valence-electron chi connectivity index (χ4n) is 1.74. The van der Waals surface area contributed by atoms with E-state index in [0.29, 0.717) is 5.56 Å². The van der Waals surface area contributed by atoms with Crippen LogP contribution in [0.4, 0.5) is 11.5 Å². The molecule has 110 valence electrons. The summed E-state index contributed by atoms with van der Waals surface area (Å²) in [5.41, 5.74) is 6.14. The van der Waals surface area contributed by atoms with Crippen molar-refractivity contribution in [3.63, 3.8) is 0 Å². The summed E-state index contributed by atoms with van der Waals surface area (Å²) < 4.78 is 33.3. The SMILES string of the molecule is COc1cc(C#N)ccc1NS(=O)(=O)c1cn(C)nc1N. The lowest BCUT2D eigenvalue weighted by Gasteiger charge is -2.11. The number of nitrogens with one attached hydrogen (secondary N) is 1. The van der Waals surface area contributed by atoms with Gasteiger partial charge in [-0.3, -0.25) is 9.40 Å². The molecule has 2 aromatic rings. The summed E-state index contributed by atoms with van der Waals surface area (Å²) in [6.07, 6.45) is 1.30. The van der Waals surface area contributed by atoms with Crippen LogP contribution in [0.5, 0.6) is 5.75 Å². The van der Waals surface area contributed by atoms with E-state index >= 15 is 0 Å². The van der Waals surface area contributed by atoms with E-state index in [0.717, 1.165) is 0 Å². The monoisotopic (exact) mass is 307 g/mol. The van der Waals surface area contributed by atoms with Gasteiger partial charge < -0.3 is 10.5 Å². The molecule has 0 amide bonds. The average molecular weight is 307 g/mol. The Morgan fingerprint density at radius 2 is 2.19 bits per heavy atom. The highest BCUT2D eigenvalue weighted by Gasteiger charge is 2.22. The van der Waals surface area contributed by atoms with Crippen LogP contribution >= 0.6 is 0 Å². The maximum absolute atomic E-state index is 12.3. The fraction of sp³-hybridized carbons (Fsp3) is 0.167. The molecule has 0 unspecified atom stereocenters. The Morgan fingerprint density at radius 1 is 1.48 bits per heavy atom. The Labute approximate surface area is 121 Å². The van der Waals surface area contributed by atoms with E-state index in [1.165, 1.54) is 36.2 Å². The lowest BCUT2D eigenvalue weighted by Crippen LogP contribution is -2.14. The van der Waals surface area contributed by atoms with Gasteiger partial charge in [0.1, 0.15) is 10.6 Å². The lowest BCUT2D eigenvalue weighted by atomic mass is 10.2. The minimum absolute atomic E-state index is 0.0994. The summed E-state index contributed by atoms with van der Waals surface area (Å²) in [4.78, 5) is -0.128. The number of aromatic nitrogens is 2. The first-order valence-corrected chi connectivity index (χ1v) is 7.26. The molecule has 3 N–H and O–H groups in total. The number of hydrogen-bond acceptors (Lipinski definition) is 6. The first kappa shape index (κ1) is 14.7. The third-order valence-corrected chi connectivity index (χ3v) is 4.07. The van der Waals surface area contributed by atoms with E-state index in [4.69, 9.17) is 15.7 Å². The molecule has 1 aromatic carbocycles. The van der Waals surface area contributed by atoms with Crippen molar-refractivity contribution in [2.24, 2.45) is 7.05 Å². The number of hydrogen-bond donors (Lipinski definition) is 2. The Balaban J connectivity index is 2.42. The number of nitrogens with two attached hydrogens (primary N) is 1. The Kier molecular flexibility index (Phi) is 3.73. The van der Waals surface area contributed by atoms with Gasteiger partial charge in [-0.05, 0) is 12.1 Å². The molecule has 0 saturated carbocycles. The predicted octanol–water partition coefficient (Wildman–Crippen LogP) is 0.683. The largest absolute Gasteiger partial charge is 0.495 e. The number of methoxy groups -OCH3 is 1. The number of nitrogen functional groups attached to an aromatic ring is 1. The number of aryl methyl sites for hydroxylation is 1. The zero-order chi connectivity index (χ0) is 15.6. The number of nitrogens with zero attached hydrogens (tertiary/aromatic N) is 3. The van der Waals surface area contributed by atoms with Crippen molar-refractivity contribution < 1.29 is 13.2 Å². The van der Waals surface area contributed by atoms with Crippen LogP contribution in [0.2, 0.25) is 0 Å². The topological polar surface area (TPSA) is 123 Å². The molecule has 8 nitrogen and oxygen atoms in total. The molecule has 0 bridgehead atoms. The molecular formula is C12H13N5O3S. The Morgan fingerprint density at radius 3 is 2.71 bits per heavy atom. The lowest BCUT2D eigenvalue weighted by molar-refractivity contribution is 0.416. The van der Waals surface area contributed by atoms with Gasteiger partial charge >= 0.3 is 0 Å². The van der Waals surface area contributed by atoms with E-state index in [1.54, 1.807) is 7.05 Å². The summed E-state index contributed by atoms with van der Waals surface area (Å²) in [7, 11) is -0.948. The first-order valence-electron chi connectivity index (χ1n) is 5.77. The van der Waals surface area contributed by atoms with Gasteiger partial charge in [0, 0.05) is 19.3 Å². The molecule has 0 aliphatic carbocycles. The molecule has 0 fully saturated rings. The average Bonchev–Trinajstić information content (AvgIpc) is 2.78. The van der Waals surface area contributed by atoms with Crippen LogP contribution in [0.15, 0.2) is 29.3 Å². The zero-order valence-corrected chi connectivity index (χ0v) is 12.2. The van der Waals surface area contributed by atoms with Crippen LogP contribution in [0.25, 0.3) is 0 Å². The highest BCUT2D eigenvalue weighted by Crippen LogP contribution is 2.28. The van der Waals surface area contributed by atoms with Gasteiger partial charge in [0.05, 0.1) is 24.4 Å². The van der Waals surface area contributed by atoms with E-state index < -0.39 is 10.0 Å². The van der Waals surface area contributed by atoms with E-state index in [-0.39, 0.29) is 22.2 Å². The van der Waals surface area contributed by atoms with Gasteiger partial charge in [-0.25, -0.2) is 8.42 Å². The molecule has 2 rings (SSSR count). The smallest absolute Gasteiger partial charge is 0.267 e. The van der Waals surface area contributed by atoms with E-state index in [2.05, 4.69) is 9.82 Å². The number of ether oxygens (including phenoxy) is 1. The minimum Gasteiger partial charge on any atom is -0.495 e. The molecule has 0 atom stereocenters. The molecule has 21 heavy (non-hydrogen) atoms. The van der Waals surface area contributed by atoms with Crippen molar-refractivity contribution in [1.29, 1.82) is 5.26 Å². The van der Waals surface area contributed by atoms with Gasteiger partial charge in [-0.1, -0.05) is 0 Å². The number of sulfonamides is 1. The van der Waals surface area contributed by atoms with E-state index in [9.17, 15) is 8.42 Å². The fourth-order valence-corrected chi connectivity index (χ4v) is 2.91. The highest BCUT2D eigenvalue weighted by atomic mass is 32.2. The quantitative estimate of drug-likeness (QED) is 0.856. The van der Waals surface area contributed by atoms with Crippen LogP contribution in [0.1, 0.15) is 5.56 Å². The second-order valence-corrected chi connectivity index (χ2v) is 5.84. The van der Waals surface area contributed by atoms with Crippen molar-refractivity contribution in [3.8, 4) is 11.8 Å². The predicted molar refractivity (Wildman–Crippen MR) is 76.1 cm³/mol. The van der Waals surface area contributed by atoms with Gasteiger partial charge in [-0.2, -0.15) is 10.4 Å². The second kappa shape index (κ2) is 5.34. The van der Waals surface area contributed by atoms with Crippen LogP contribution < -0.4 is 15.2 Å². The normalized spacial score (nSPS) is 10.9. The van der Waals surface area contributed by atoms with Gasteiger partial charge in [-0.15, -0.1) is 0 Å². The van der Waals surface area contributed by atoms with Crippen molar-refractivity contribution in [2.75, 3.05) is 17.6 Å². The second-order valence-electron chi connectivity index (χ2n) is 4.18. The van der Waals surface area contributed by atoms with Crippen LogP contribution in [-0.2, 0) is 17.1 Å². The van der Waals surface area contributed by atoms with Crippen LogP contribution in [-0.4, -0.2) is 25.3 Å². The molecule has 1 aromatic heterocycles. The van der Waals surface area contributed by atoms with Crippen molar-refractivity contribution in [3.05, 3.63) is 30.0 Å². The first-order chi connectivity index (χ1) is 9.87. The molecule has 0 aliphatic heterocycles. The number of rotatable bonds is 4. The zero-order valence-electron chi connectivity index (χ0n) is 11.4. The van der Waals surface area contributed by atoms with Crippen LogP contribution in [0.3, 0.4) is 0 Å². The maximum atomic E-state index is 12.3. The summed E-state index contributed by atoms with van der Waals surface area (Å²) in [5, 5.41) is 12.6. The summed E-state index contributed by atoms with van der Waals surface area (Å²) in [6, 6.07) is 6.31. The molecule has 0 aliphatic rings. The Hall–Kier alpha value is -2.73. The van der Waals surface area contributed by atoms with Crippen molar-refractivity contribution >= 4 is 21.5 Å². The molecule has 0 saturated heterocycles. The van der Waals surface area contributed by atoms with Crippen molar-refractivity contribution in [2.45, 2.75) is 4.90 Å². The number of benzene rings is 1. The Bertz CT molecular complexity index is 820. The summed E-state index contributed by atoms with van der Waals surface area (Å²) in [5.74, 6) is 0.137. The molecular weight excluding hydrogens is 294 g/mol.